The number of carbonyl (C=O) groups is 1. The number of anilines is 1. The first-order valence-electron chi connectivity index (χ1n) is 9.81. The van der Waals surface area contributed by atoms with Crippen molar-refractivity contribution in [3.63, 3.8) is 0 Å². The third-order valence-electron chi connectivity index (χ3n) is 5.04. The molecule has 2 aromatic carbocycles. The van der Waals surface area contributed by atoms with Gasteiger partial charge in [-0.15, -0.1) is 0 Å². The van der Waals surface area contributed by atoms with Gasteiger partial charge in [0.15, 0.2) is 5.82 Å². The molecule has 150 valence electrons. The number of hydrogen-bond acceptors (Lipinski definition) is 5. The molecule has 1 aromatic heterocycles. The number of nitrogens with one attached hydrogen (secondary N) is 1. The van der Waals surface area contributed by atoms with E-state index >= 15 is 0 Å². The Labute approximate surface area is 169 Å². The Morgan fingerprint density at radius 3 is 2.66 bits per heavy atom. The predicted octanol–water partition coefficient (Wildman–Crippen LogP) is 4.03. The first-order chi connectivity index (χ1) is 14.2. The second-order valence-corrected chi connectivity index (χ2v) is 7.35. The second-order valence-electron chi connectivity index (χ2n) is 7.35. The Balaban J connectivity index is 1.55. The van der Waals surface area contributed by atoms with Gasteiger partial charge in [0.05, 0.1) is 23.9 Å². The molecule has 2 N–H and O–H groups in total. The SMILES string of the molecule is C[C@H](CO)N(Cc1ccccc1)C(=O)Nc1ccccc1-c1nc(C2CC2)no1. The fraction of sp³-hybridized carbons (Fsp3) is 0.318. The lowest BCUT2D eigenvalue weighted by Gasteiger charge is -2.28. The van der Waals surface area contributed by atoms with Crippen molar-refractivity contribution in [3.05, 3.63) is 66.0 Å². The third-order valence-corrected chi connectivity index (χ3v) is 5.04. The number of para-hydroxylation sites is 1. The average Bonchev–Trinajstić information content (AvgIpc) is 3.49. The summed E-state index contributed by atoms with van der Waals surface area (Å²) in [5.41, 5.74) is 2.26. The summed E-state index contributed by atoms with van der Waals surface area (Å²) in [6.45, 7) is 2.08. The number of hydrogen-bond donors (Lipinski definition) is 2. The fourth-order valence-electron chi connectivity index (χ4n) is 3.12. The molecular weight excluding hydrogens is 368 g/mol. The molecule has 0 saturated heterocycles. The maximum atomic E-state index is 13.1. The van der Waals surface area contributed by atoms with Crippen LogP contribution in [0, 0.1) is 0 Å². The van der Waals surface area contributed by atoms with E-state index in [0.29, 0.717) is 29.6 Å². The highest BCUT2D eigenvalue weighted by Gasteiger charge is 2.29. The van der Waals surface area contributed by atoms with E-state index in [4.69, 9.17) is 4.52 Å². The van der Waals surface area contributed by atoms with Crippen LogP contribution in [-0.4, -0.2) is 38.8 Å². The molecule has 7 nitrogen and oxygen atoms in total. The van der Waals surface area contributed by atoms with Gasteiger partial charge in [-0.25, -0.2) is 4.79 Å². The predicted molar refractivity (Wildman–Crippen MR) is 109 cm³/mol. The molecule has 7 heteroatoms. The number of aliphatic hydroxyl groups excluding tert-OH is 1. The molecule has 1 aliphatic carbocycles. The first kappa shape index (κ1) is 19.1. The number of aromatic nitrogens is 2. The first-order valence-corrected chi connectivity index (χ1v) is 9.81. The van der Waals surface area contributed by atoms with E-state index in [1.165, 1.54) is 0 Å². The molecule has 0 spiro atoms. The van der Waals surface area contributed by atoms with Gasteiger partial charge in [0.1, 0.15) is 0 Å². The molecule has 4 rings (SSSR count). The lowest BCUT2D eigenvalue weighted by atomic mass is 10.1. The zero-order chi connectivity index (χ0) is 20.2. The molecule has 0 unspecified atom stereocenters. The summed E-state index contributed by atoms with van der Waals surface area (Å²) >= 11 is 0. The fourth-order valence-corrected chi connectivity index (χ4v) is 3.12. The minimum Gasteiger partial charge on any atom is -0.394 e. The van der Waals surface area contributed by atoms with Crippen LogP contribution < -0.4 is 5.32 Å². The second kappa shape index (κ2) is 8.45. The van der Waals surface area contributed by atoms with Crippen molar-refractivity contribution < 1.29 is 14.4 Å². The zero-order valence-electron chi connectivity index (χ0n) is 16.3. The molecule has 1 heterocycles. The summed E-state index contributed by atoms with van der Waals surface area (Å²) in [6.07, 6.45) is 2.18. The molecule has 1 fully saturated rings. The Morgan fingerprint density at radius 1 is 1.21 bits per heavy atom. The highest BCUT2D eigenvalue weighted by atomic mass is 16.5. The number of urea groups is 1. The van der Waals surface area contributed by atoms with Crippen LogP contribution in [0.1, 0.15) is 37.1 Å². The summed E-state index contributed by atoms with van der Waals surface area (Å²) in [6, 6.07) is 16.4. The molecule has 1 atom stereocenters. The number of rotatable bonds is 7. The summed E-state index contributed by atoms with van der Waals surface area (Å²) in [7, 11) is 0. The van der Waals surface area contributed by atoms with Gasteiger partial charge in [-0.1, -0.05) is 47.6 Å². The maximum Gasteiger partial charge on any atom is 0.322 e. The van der Waals surface area contributed by atoms with Crippen LogP contribution >= 0.6 is 0 Å². The maximum absolute atomic E-state index is 13.1. The summed E-state index contributed by atoms with van der Waals surface area (Å²) in [5.74, 6) is 1.51. The van der Waals surface area contributed by atoms with Gasteiger partial charge < -0.3 is 19.8 Å². The van der Waals surface area contributed by atoms with Gasteiger partial charge in [-0.05, 0) is 37.5 Å². The number of amides is 2. The highest BCUT2D eigenvalue weighted by molar-refractivity contribution is 5.93. The molecule has 2 amide bonds. The van der Waals surface area contributed by atoms with E-state index < -0.39 is 0 Å². The largest absolute Gasteiger partial charge is 0.394 e. The number of aliphatic hydroxyl groups is 1. The van der Waals surface area contributed by atoms with E-state index in [0.717, 1.165) is 24.2 Å². The van der Waals surface area contributed by atoms with Crippen LogP contribution in [0.4, 0.5) is 10.5 Å². The van der Waals surface area contributed by atoms with E-state index in [9.17, 15) is 9.90 Å². The standard InChI is InChI=1S/C22H24N4O3/c1-15(14-27)26(13-16-7-3-2-4-8-16)22(28)23-19-10-6-5-9-18(19)21-24-20(25-29-21)17-11-12-17/h2-10,15,17,27H,11-14H2,1H3,(H,23,28)/t15-/m1/s1. The Kier molecular flexibility index (Phi) is 5.57. The quantitative estimate of drug-likeness (QED) is 0.633. The molecule has 1 saturated carbocycles. The Bertz CT molecular complexity index is 969. The molecule has 0 bridgehead atoms. The topological polar surface area (TPSA) is 91.5 Å². The number of carbonyl (C=O) groups excluding carboxylic acids is 1. The van der Waals surface area contributed by atoms with Crippen molar-refractivity contribution in [1.29, 1.82) is 0 Å². The van der Waals surface area contributed by atoms with Gasteiger partial charge >= 0.3 is 6.03 Å². The van der Waals surface area contributed by atoms with E-state index in [1.807, 2.05) is 55.5 Å². The van der Waals surface area contributed by atoms with Crippen LogP contribution in [0.25, 0.3) is 11.5 Å². The van der Waals surface area contributed by atoms with Crippen molar-refractivity contribution in [2.75, 3.05) is 11.9 Å². The lowest BCUT2D eigenvalue weighted by molar-refractivity contribution is 0.146. The smallest absolute Gasteiger partial charge is 0.322 e. The van der Waals surface area contributed by atoms with Gasteiger partial charge in [-0.3, -0.25) is 0 Å². The summed E-state index contributed by atoms with van der Waals surface area (Å²) < 4.78 is 5.43. The van der Waals surface area contributed by atoms with Gasteiger partial charge in [-0.2, -0.15) is 4.98 Å². The minimum absolute atomic E-state index is 0.129. The lowest BCUT2D eigenvalue weighted by Crippen LogP contribution is -2.42. The molecule has 0 aliphatic heterocycles. The van der Waals surface area contributed by atoms with Crippen molar-refractivity contribution in [1.82, 2.24) is 15.0 Å². The highest BCUT2D eigenvalue weighted by Crippen LogP contribution is 2.39. The normalized spacial score (nSPS) is 14.4. The molecule has 3 aromatic rings. The monoisotopic (exact) mass is 392 g/mol. The van der Waals surface area contributed by atoms with Crippen molar-refractivity contribution in [3.8, 4) is 11.5 Å². The zero-order valence-corrected chi connectivity index (χ0v) is 16.3. The number of nitrogens with zero attached hydrogens (tertiary/aromatic N) is 3. The van der Waals surface area contributed by atoms with Gasteiger partial charge in [0, 0.05) is 12.5 Å². The van der Waals surface area contributed by atoms with Crippen LogP contribution in [0.5, 0.6) is 0 Å². The van der Waals surface area contributed by atoms with Gasteiger partial charge in [0.25, 0.3) is 5.89 Å². The Hall–Kier alpha value is -3.19. The van der Waals surface area contributed by atoms with Gasteiger partial charge in [0.2, 0.25) is 0 Å². The molecule has 0 radical (unpaired) electrons. The average molecular weight is 392 g/mol. The van der Waals surface area contributed by atoms with Crippen molar-refractivity contribution in [2.45, 2.75) is 38.3 Å². The van der Waals surface area contributed by atoms with Crippen LogP contribution in [0.15, 0.2) is 59.1 Å². The van der Waals surface area contributed by atoms with Crippen LogP contribution in [0.2, 0.25) is 0 Å². The summed E-state index contributed by atoms with van der Waals surface area (Å²) in [4.78, 5) is 19.2. The van der Waals surface area contributed by atoms with E-state index in [-0.39, 0.29) is 18.7 Å². The minimum atomic E-state index is -0.341. The molecule has 1 aliphatic rings. The molecular formula is C22H24N4O3. The van der Waals surface area contributed by atoms with E-state index in [1.54, 1.807) is 11.0 Å². The molecule has 29 heavy (non-hydrogen) atoms. The summed E-state index contributed by atoms with van der Waals surface area (Å²) in [5, 5.41) is 16.6. The van der Waals surface area contributed by atoms with Crippen LogP contribution in [0.3, 0.4) is 0 Å². The van der Waals surface area contributed by atoms with Crippen molar-refractivity contribution >= 4 is 11.7 Å². The third kappa shape index (κ3) is 4.46. The van der Waals surface area contributed by atoms with Crippen LogP contribution in [-0.2, 0) is 6.54 Å². The number of benzene rings is 2. The van der Waals surface area contributed by atoms with E-state index in [2.05, 4.69) is 15.5 Å². The van der Waals surface area contributed by atoms with Crippen molar-refractivity contribution in [2.24, 2.45) is 0 Å². The Morgan fingerprint density at radius 2 is 1.93 bits per heavy atom.